The molecule has 4 rings (SSSR count). The molecule has 8 nitrogen and oxygen atoms in total. The molecule has 1 aromatic heterocycles. The van der Waals surface area contributed by atoms with Gasteiger partial charge in [0.15, 0.2) is 5.76 Å². The SMILES string of the molecule is CCO[C@H]1OC(C(=O)Nc2ccc(-c3nc4ccc(C)cc4s3)cc2)=C[C@@H](C(C)C)[C@@H]1CCOCCOCCO. The number of hydrogen-bond donors (Lipinski definition) is 2. The molecule has 0 fully saturated rings. The maximum absolute atomic E-state index is 13.3. The molecule has 0 saturated carbocycles. The van der Waals surface area contributed by atoms with Crippen molar-refractivity contribution in [2.45, 2.75) is 40.4 Å². The molecule has 0 spiro atoms. The molecule has 3 aromatic rings. The predicted molar refractivity (Wildman–Crippen MR) is 158 cm³/mol. The summed E-state index contributed by atoms with van der Waals surface area (Å²) in [6, 6.07) is 14.0. The van der Waals surface area contributed by atoms with Crippen molar-refractivity contribution in [3.63, 3.8) is 0 Å². The molecule has 9 heteroatoms. The second-order valence-corrected chi connectivity index (χ2v) is 11.2. The van der Waals surface area contributed by atoms with Gasteiger partial charge in [0.05, 0.1) is 36.6 Å². The molecule has 0 unspecified atom stereocenters. The van der Waals surface area contributed by atoms with Gasteiger partial charge in [-0.1, -0.05) is 19.9 Å². The van der Waals surface area contributed by atoms with Crippen LogP contribution >= 0.6 is 11.3 Å². The van der Waals surface area contributed by atoms with Crippen LogP contribution in [0.4, 0.5) is 5.69 Å². The van der Waals surface area contributed by atoms with E-state index in [-0.39, 0.29) is 36.0 Å². The first-order valence-corrected chi connectivity index (χ1v) is 14.8. The van der Waals surface area contributed by atoms with E-state index in [0.717, 1.165) is 27.2 Å². The van der Waals surface area contributed by atoms with Crippen molar-refractivity contribution in [3.8, 4) is 10.6 Å². The van der Waals surface area contributed by atoms with E-state index in [4.69, 9.17) is 29.0 Å². The van der Waals surface area contributed by atoms with Crippen LogP contribution in [0.3, 0.4) is 0 Å². The minimum atomic E-state index is -0.539. The van der Waals surface area contributed by atoms with Gasteiger partial charge in [-0.2, -0.15) is 0 Å². The van der Waals surface area contributed by atoms with Crippen LogP contribution in [0.2, 0.25) is 0 Å². The number of amides is 1. The lowest BCUT2D eigenvalue weighted by atomic mass is 9.79. The molecule has 0 saturated heterocycles. The fourth-order valence-corrected chi connectivity index (χ4v) is 5.92. The highest BCUT2D eigenvalue weighted by molar-refractivity contribution is 7.21. The maximum Gasteiger partial charge on any atom is 0.290 e. The number of aliphatic hydroxyl groups excluding tert-OH is 1. The van der Waals surface area contributed by atoms with E-state index >= 15 is 0 Å². The van der Waals surface area contributed by atoms with Gasteiger partial charge in [0.25, 0.3) is 5.91 Å². The van der Waals surface area contributed by atoms with Crippen LogP contribution < -0.4 is 5.32 Å². The molecule has 1 aliphatic heterocycles. The molecule has 2 N–H and O–H groups in total. The number of anilines is 1. The van der Waals surface area contributed by atoms with E-state index in [2.05, 4.69) is 38.2 Å². The van der Waals surface area contributed by atoms with Gasteiger partial charge in [-0.05, 0) is 80.1 Å². The van der Waals surface area contributed by atoms with Gasteiger partial charge < -0.3 is 29.4 Å². The number of carbonyl (C=O) groups is 1. The molecule has 0 bridgehead atoms. The number of aromatic nitrogens is 1. The Morgan fingerprint density at radius 3 is 2.55 bits per heavy atom. The molecule has 1 amide bonds. The number of thiazole rings is 1. The van der Waals surface area contributed by atoms with E-state index in [1.54, 1.807) is 11.3 Å². The van der Waals surface area contributed by atoms with Crippen molar-refractivity contribution in [2.24, 2.45) is 17.8 Å². The number of ether oxygens (including phenoxy) is 4. The maximum atomic E-state index is 13.3. The summed E-state index contributed by atoms with van der Waals surface area (Å²) in [4.78, 5) is 18.0. The summed E-state index contributed by atoms with van der Waals surface area (Å²) >= 11 is 1.66. The van der Waals surface area contributed by atoms with E-state index in [1.165, 1.54) is 5.56 Å². The van der Waals surface area contributed by atoms with Crippen LogP contribution in [0, 0.1) is 24.7 Å². The lowest BCUT2D eigenvalue weighted by Crippen LogP contribution is -2.40. The Balaban J connectivity index is 1.40. The van der Waals surface area contributed by atoms with Gasteiger partial charge in [0, 0.05) is 30.4 Å². The Hall–Kier alpha value is -2.82. The summed E-state index contributed by atoms with van der Waals surface area (Å²) in [5.74, 6) is 0.396. The molecule has 216 valence electrons. The second kappa shape index (κ2) is 14.7. The fraction of sp³-hybridized carbons (Fsp3) is 0.484. The van der Waals surface area contributed by atoms with E-state index in [9.17, 15) is 4.79 Å². The van der Waals surface area contributed by atoms with Gasteiger partial charge >= 0.3 is 0 Å². The Kier molecular flexibility index (Phi) is 11.1. The number of aryl methyl sites for hydroxylation is 1. The van der Waals surface area contributed by atoms with E-state index < -0.39 is 6.29 Å². The third kappa shape index (κ3) is 7.89. The number of nitrogens with zero attached hydrogens (tertiary/aromatic N) is 1. The summed E-state index contributed by atoms with van der Waals surface area (Å²) < 4.78 is 24.2. The van der Waals surface area contributed by atoms with Crippen LogP contribution in [-0.2, 0) is 23.7 Å². The summed E-state index contributed by atoms with van der Waals surface area (Å²) in [6.07, 6.45) is 2.12. The zero-order chi connectivity index (χ0) is 28.5. The highest BCUT2D eigenvalue weighted by Crippen LogP contribution is 2.37. The van der Waals surface area contributed by atoms with Crippen molar-refractivity contribution in [1.82, 2.24) is 4.98 Å². The van der Waals surface area contributed by atoms with Crippen LogP contribution in [0.1, 0.15) is 32.8 Å². The average molecular weight is 569 g/mol. The Morgan fingerprint density at radius 2 is 1.85 bits per heavy atom. The Bertz CT molecular complexity index is 1270. The number of fused-ring (bicyclic) bond motifs is 1. The third-order valence-corrected chi connectivity index (χ3v) is 7.96. The number of carbonyl (C=O) groups excluding carboxylic acids is 1. The number of allylic oxidation sites excluding steroid dienone is 1. The molecule has 2 aromatic carbocycles. The summed E-state index contributed by atoms with van der Waals surface area (Å²) in [6.45, 7) is 10.5. The fourth-order valence-electron chi connectivity index (χ4n) is 4.85. The van der Waals surface area contributed by atoms with Gasteiger partial charge in [0.2, 0.25) is 6.29 Å². The van der Waals surface area contributed by atoms with Crippen LogP contribution in [0.25, 0.3) is 20.8 Å². The van der Waals surface area contributed by atoms with Crippen LogP contribution in [0.15, 0.2) is 54.3 Å². The molecule has 0 aliphatic carbocycles. The van der Waals surface area contributed by atoms with Gasteiger partial charge in [-0.15, -0.1) is 11.3 Å². The van der Waals surface area contributed by atoms with Crippen molar-refractivity contribution in [2.75, 3.05) is 45.0 Å². The van der Waals surface area contributed by atoms with Gasteiger partial charge in [0.1, 0.15) is 5.01 Å². The highest BCUT2D eigenvalue weighted by atomic mass is 32.1. The molecule has 3 atom stereocenters. The summed E-state index contributed by atoms with van der Waals surface area (Å²) in [7, 11) is 0. The van der Waals surface area contributed by atoms with Crippen LogP contribution in [-0.4, -0.2) is 61.9 Å². The monoisotopic (exact) mass is 568 g/mol. The molecular formula is C31H40N2O6S. The number of nitrogens with one attached hydrogen (secondary N) is 1. The summed E-state index contributed by atoms with van der Waals surface area (Å²) in [5.41, 5.74) is 3.89. The lowest BCUT2D eigenvalue weighted by Gasteiger charge is -2.38. The first-order valence-electron chi connectivity index (χ1n) is 13.9. The standard InChI is InChI=1S/C31H40N2O6S/c1-5-38-31-24(12-14-36-16-17-37-15-13-34)25(20(2)3)19-27(39-31)29(35)32-23-9-7-22(8-10-23)30-33-26-11-6-21(4)18-28(26)40-30/h6-11,18-20,24-25,31,34H,5,12-17H2,1-4H3,(H,32,35)/t24-,25-,31-/m0/s1. The van der Waals surface area contributed by atoms with Gasteiger partial charge in [-0.25, -0.2) is 4.98 Å². The molecule has 1 aliphatic rings. The first kappa shape index (κ1) is 30.1. The predicted octanol–water partition coefficient (Wildman–Crippen LogP) is 5.79. The number of hydrogen-bond acceptors (Lipinski definition) is 8. The van der Waals surface area contributed by atoms with E-state index in [0.29, 0.717) is 38.7 Å². The summed E-state index contributed by atoms with van der Waals surface area (Å²) in [5, 5.41) is 12.7. The smallest absolute Gasteiger partial charge is 0.290 e. The third-order valence-electron chi connectivity index (χ3n) is 6.89. The van der Waals surface area contributed by atoms with E-state index in [1.807, 2.05) is 43.3 Å². The topological polar surface area (TPSA) is 99.1 Å². The second-order valence-electron chi connectivity index (χ2n) is 10.2. The molecule has 0 radical (unpaired) electrons. The van der Waals surface area contributed by atoms with Crippen molar-refractivity contribution in [3.05, 3.63) is 59.9 Å². The van der Waals surface area contributed by atoms with Crippen molar-refractivity contribution in [1.29, 1.82) is 0 Å². The molecule has 40 heavy (non-hydrogen) atoms. The minimum Gasteiger partial charge on any atom is -0.459 e. The molecular weight excluding hydrogens is 528 g/mol. The lowest BCUT2D eigenvalue weighted by molar-refractivity contribution is -0.175. The minimum absolute atomic E-state index is 0.00297. The Morgan fingerprint density at radius 1 is 1.10 bits per heavy atom. The normalized spacial score (nSPS) is 19.1. The number of rotatable bonds is 14. The van der Waals surface area contributed by atoms with Crippen molar-refractivity contribution < 1.29 is 28.8 Å². The zero-order valence-corrected chi connectivity index (χ0v) is 24.5. The largest absolute Gasteiger partial charge is 0.459 e. The average Bonchev–Trinajstić information content (AvgIpc) is 3.36. The number of aliphatic hydroxyl groups is 1. The number of benzene rings is 2. The Labute approximate surface area is 240 Å². The first-order chi connectivity index (χ1) is 19.4. The highest BCUT2D eigenvalue weighted by Gasteiger charge is 2.38. The van der Waals surface area contributed by atoms with Gasteiger partial charge in [-0.3, -0.25) is 4.79 Å². The zero-order valence-electron chi connectivity index (χ0n) is 23.7. The molecule has 2 heterocycles. The van der Waals surface area contributed by atoms with Crippen LogP contribution in [0.5, 0.6) is 0 Å². The van der Waals surface area contributed by atoms with Crippen molar-refractivity contribution >= 4 is 33.1 Å². The quantitative estimate of drug-likeness (QED) is 0.238.